The van der Waals surface area contributed by atoms with Crippen molar-refractivity contribution in [1.29, 1.82) is 0 Å². The van der Waals surface area contributed by atoms with E-state index in [2.05, 4.69) is 0 Å². The minimum Gasteiger partial charge on any atom is -0.496 e. The Hall–Kier alpha value is -1.95. The van der Waals surface area contributed by atoms with Crippen molar-refractivity contribution >= 4 is 5.91 Å². The molecule has 0 aromatic heterocycles. The van der Waals surface area contributed by atoms with Crippen LogP contribution >= 0.6 is 0 Å². The lowest BCUT2D eigenvalue weighted by Crippen LogP contribution is -2.30. The molecule has 0 unspecified atom stereocenters. The van der Waals surface area contributed by atoms with Crippen LogP contribution in [0.3, 0.4) is 0 Å². The Morgan fingerprint density at radius 1 is 1.06 bits per heavy atom. The highest BCUT2D eigenvalue weighted by molar-refractivity contribution is 5.97. The molecule has 0 aliphatic carbocycles. The van der Waals surface area contributed by atoms with Gasteiger partial charge in [-0.3, -0.25) is 10.2 Å². The van der Waals surface area contributed by atoms with E-state index in [-0.39, 0.29) is 5.56 Å². The maximum atomic E-state index is 11.4. The molecule has 0 fully saturated rings. The smallest absolute Gasteiger partial charge is 0.269 e. The number of hydrogen-bond donors (Lipinski definition) is 2. The van der Waals surface area contributed by atoms with E-state index in [1.54, 1.807) is 6.07 Å². The van der Waals surface area contributed by atoms with E-state index >= 15 is 0 Å². The largest absolute Gasteiger partial charge is 0.496 e. The van der Waals surface area contributed by atoms with Gasteiger partial charge in [-0.05, 0) is 0 Å². The number of nitrogens with one attached hydrogen (secondary N) is 1. The SMILES string of the molecule is COc1cc(OC)c(C(=O)NN)cc1OC. The molecule has 6 nitrogen and oxygen atoms in total. The molecule has 6 heteroatoms. The zero-order valence-corrected chi connectivity index (χ0v) is 9.37. The summed E-state index contributed by atoms with van der Waals surface area (Å²) in [6.07, 6.45) is 0. The second-order valence-corrected chi connectivity index (χ2v) is 2.88. The summed E-state index contributed by atoms with van der Waals surface area (Å²) in [6, 6.07) is 3.06. The normalized spacial score (nSPS) is 9.50. The standard InChI is InChI=1S/C10H14N2O4/c1-14-7-5-9(16-3)8(15-2)4-6(7)10(13)12-11/h4-5H,11H2,1-3H3,(H,12,13). The van der Waals surface area contributed by atoms with Gasteiger partial charge in [-0.25, -0.2) is 5.84 Å². The van der Waals surface area contributed by atoms with Crippen LogP contribution < -0.4 is 25.5 Å². The highest BCUT2D eigenvalue weighted by Gasteiger charge is 2.16. The number of amides is 1. The fraction of sp³-hybridized carbons (Fsp3) is 0.300. The number of nitrogens with two attached hydrogens (primary N) is 1. The third-order valence-corrected chi connectivity index (χ3v) is 2.08. The average Bonchev–Trinajstić information content (AvgIpc) is 2.35. The van der Waals surface area contributed by atoms with Gasteiger partial charge in [0.1, 0.15) is 5.75 Å². The number of rotatable bonds is 4. The van der Waals surface area contributed by atoms with Crippen LogP contribution in [-0.2, 0) is 0 Å². The van der Waals surface area contributed by atoms with Crippen molar-refractivity contribution in [3.05, 3.63) is 17.7 Å². The molecule has 1 rings (SSSR count). The average molecular weight is 226 g/mol. The van der Waals surface area contributed by atoms with Gasteiger partial charge < -0.3 is 14.2 Å². The van der Waals surface area contributed by atoms with E-state index < -0.39 is 5.91 Å². The van der Waals surface area contributed by atoms with Crippen LogP contribution in [0.5, 0.6) is 17.2 Å². The number of hydrazine groups is 1. The predicted octanol–water partition coefficient (Wildman–Crippen LogP) is 0.316. The van der Waals surface area contributed by atoms with E-state index in [0.29, 0.717) is 17.2 Å². The topological polar surface area (TPSA) is 82.8 Å². The van der Waals surface area contributed by atoms with Crippen molar-refractivity contribution in [1.82, 2.24) is 5.43 Å². The third kappa shape index (κ3) is 2.17. The first kappa shape index (κ1) is 12.1. The summed E-state index contributed by atoms with van der Waals surface area (Å²) in [7, 11) is 4.43. The number of carbonyl (C=O) groups is 1. The van der Waals surface area contributed by atoms with Crippen molar-refractivity contribution < 1.29 is 19.0 Å². The molecule has 1 aromatic carbocycles. The molecule has 16 heavy (non-hydrogen) atoms. The van der Waals surface area contributed by atoms with Crippen LogP contribution in [0.4, 0.5) is 0 Å². The lowest BCUT2D eigenvalue weighted by atomic mass is 10.1. The van der Waals surface area contributed by atoms with Crippen molar-refractivity contribution in [2.45, 2.75) is 0 Å². The van der Waals surface area contributed by atoms with Gasteiger partial charge in [0.2, 0.25) is 0 Å². The molecule has 1 aromatic rings. The van der Waals surface area contributed by atoms with Crippen LogP contribution in [0.25, 0.3) is 0 Å². The van der Waals surface area contributed by atoms with Crippen molar-refractivity contribution in [3.8, 4) is 17.2 Å². The number of benzene rings is 1. The van der Waals surface area contributed by atoms with E-state index in [4.69, 9.17) is 20.1 Å². The molecule has 0 bridgehead atoms. The summed E-state index contributed by atoms with van der Waals surface area (Å²) in [5.74, 6) is 5.88. The fourth-order valence-corrected chi connectivity index (χ4v) is 1.28. The molecule has 0 aliphatic rings. The molecule has 0 spiro atoms. The summed E-state index contributed by atoms with van der Waals surface area (Å²) >= 11 is 0. The first-order chi connectivity index (χ1) is 7.67. The zero-order valence-electron chi connectivity index (χ0n) is 9.37. The van der Waals surface area contributed by atoms with Crippen molar-refractivity contribution in [2.24, 2.45) is 5.84 Å². The highest BCUT2D eigenvalue weighted by Crippen LogP contribution is 2.34. The van der Waals surface area contributed by atoms with Crippen LogP contribution in [-0.4, -0.2) is 27.2 Å². The first-order valence-electron chi connectivity index (χ1n) is 4.48. The molecule has 3 N–H and O–H groups in total. The summed E-state index contributed by atoms with van der Waals surface area (Å²) in [6.45, 7) is 0. The number of carbonyl (C=O) groups excluding carboxylic acids is 1. The van der Waals surface area contributed by atoms with Gasteiger partial charge in [0, 0.05) is 12.1 Å². The molecule has 1 amide bonds. The van der Waals surface area contributed by atoms with Gasteiger partial charge in [0.15, 0.2) is 11.5 Å². The Kier molecular flexibility index (Phi) is 3.96. The lowest BCUT2D eigenvalue weighted by Gasteiger charge is -2.12. The van der Waals surface area contributed by atoms with Gasteiger partial charge >= 0.3 is 0 Å². The highest BCUT2D eigenvalue weighted by atomic mass is 16.5. The number of nitrogen functional groups attached to an aromatic ring is 1. The molecule has 0 heterocycles. The molecule has 88 valence electrons. The first-order valence-corrected chi connectivity index (χ1v) is 4.48. The minimum atomic E-state index is -0.460. The van der Waals surface area contributed by atoms with Crippen LogP contribution in [0.1, 0.15) is 10.4 Å². The molecular formula is C10H14N2O4. The quantitative estimate of drug-likeness (QED) is 0.439. The summed E-state index contributed by atoms with van der Waals surface area (Å²) in [5.41, 5.74) is 2.31. The van der Waals surface area contributed by atoms with Crippen LogP contribution in [0, 0.1) is 0 Å². The second kappa shape index (κ2) is 5.22. The van der Waals surface area contributed by atoms with Gasteiger partial charge in [0.05, 0.1) is 26.9 Å². The number of ether oxygens (including phenoxy) is 3. The molecule has 0 atom stereocenters. The maximum absolute atomic E-state index is 11.4. The van der Waals surface area contributed by atoms with Crippen LogP contribution in [0.2, 0.25) is 0 Å². The minimum absolute atomic E-state index is 0.280. The monoisotopic (exact) mass is 226 g/mol. The van der Waals surface area contributed by atoms with E-state index in [9.17, 15) is 4.79 Å². The molecule has 0 saturated carbocycles. The summed E-state index contributed by atoms with van der Waals surface area (Å²) in [5, 5.41) is 0. The maximum Gasteiger partial charge on any atom is 0.269 e. The van der Waals surface area contributed by atoms with Gasteiger partial charge in [-0.1, -0.05) is 0 Å². The Morgan fingerprint density at radius 2 is 1.56 bits per heavy atom. The van der Waals surface area contributed by atoms with E-state index in [0.717, 1.165) is 0 Å². The zero-order chi connectivity index (χ0) is 12.1. The van der Waals surface area contributed by atoms with Gasteiger partial charge in [-0.15, -0.1) is 0 Å². The van der Waals surface area contributed by atoms with Gasteiger partial charge in [0.25, 0.3) is 5.91 Å². The molecule has 0 radical (unpaired) electrons. The number of methoxy groups -OCH3 is 3. The Labute approximate surface area is 93.3 Å². The van der Waals surface area contributed by atoms with Gasteiger partial charge in [-0.2, -0.15) is 0 Å². The van der Waals surface area contributed by atoms with Crippen molar-refractivity contribution in [3.63, 3.8) is 0 Å². The number of hydrogen-bond acceptors (Lipinski definition) is 5. The second-order valence-electron chi connectivity index (χ2n) is 2.88. The third-order valence-electron chi connectivity index (χ3n) is 2.08. The van der Waals surface area contributed by atoms with Crippen molar-refractivity contribution in [2.75, 3.05) is 21.3 Å². The molecular weight excluding hydrogens is 212 g/mol. The summed E-state index contributed by atoms with van der Waals surface area (Å²) in [4.78, 5) is 11.4. The lowest BCUT2D eigenvalue weighted by molar-refractivity contribution is 0.0950. The Morgan fingerprint density at radius 3 is 2.00 bits per heavy atom. The van der Waals surface area contributed by atoms with E-state index in [1.807, 2.05) is 5.43 Å². The van der Waals surface area contributed by atoms with Crippen LogP contribution in [0.15, 0.2) is 12.1 Å². The van der Waals surface area contributed by atoms with E-state index in [1.165, 1.54) is 27.4 Å². The molecule has 0 saturated heterocycles. The molecule has 0 aliphatic heterocycles. The predicted molar refractivity (Wildman–Crippen MR) is 57.8 cm³/mol. The Bertz CT molecular complexity index is 393. The Balaban J connectivity index is 3.31. The summed E-state index contributed by atoms with van der Waals surface area (Å²) < 4.78 is 15.2. The fourth-order valence-electron chi connectivity index (χ4n) is 1.28.